The second-order valence-corrected chi connectivity index (χ2v) is 14.3. The van der Waals surface area contributed by atoms with Crippen LogP contribution in [-0.4, -0.2) is 28.5 Å². The van der Waals surface area contributed by atoms with E-state index in [-0.39, 0.29) is 17.1 Å². The first-order chi connectivity index (χ1) is 27.1. The number of aromatic nitrogens is 2. The summed E-state index contributed by atoms with van der Waals surface area (Å²) in [6, 6.07) is 70.7. The molecule has 0 aliphatic carbocycles. The molecule has 278 valence electrons. The zero-order valence-corrected chi connectivity index (χ0v) is 34.5. The van der Waals surface area contributed by atoms with Crippen molar-refractivity contribution in [2.24, 2.45) is 9.98 Å². The number of nitrogens with zero attached hydrogens (tertiary/aromatic N) is 4. The Morgan fingerprint density at radius 1 is 0.357 bits per heavy atom. The standard InChI is InChI=1S/C24H20B.2C12H9BrN2.Cu/c1-5-13-21(14-6-1)25(22-15-7-2-8-16-22,23-17-9-3-10-18-23)24-19-11-4-12-20-24;2*13-10-4-6-11(7-5-10)15-9-12-3-1-2-8-14-12;/h1-20H;2*1-9H;/q-1;;;+1. The van der Waals surface area contributed by atoms with E-state index in [1.807, 2.05) is 84.9 Å². The van der Waals surface area contributed by atoms with E-state index in [0.29, 0.717) is 0 Å². The summed E-state index contributed by atoms with van der Waals surface area (Å²) < 4.78 is 2.11. The summed E-state index contributed by atoms with van der Waals surface area (Å²) in [6.45, 7) is 0. The molecule has 0 saturated carbocycles. The molecular weight excluding hydrogens is 867 g/mol. The molecule has 2 heterocycles. The normalized spacial score (nSPS) is 10.8. The van der Waals surface area contributed by atoms with Crippen molar-refractivity contribution in [3.05, 3.63) is 239 Å². The summed E-state index contributed by atoms with van der Waals surface area (Å²) in [5.41, 5.74) is 8.92. The van der Waals surface area contributed by atoms with Crippen molar-refractivity contribution in [1.82, 2.24) is 9.97 Å². The Morgan fingerprint density at radius 3 is 0.911 bits per heavy atom. The van der Waals surface area contributed by atoms with Gasteiger partial charge in [-0.2, -0.15) is 21.9 Å². The summed E-state index contributed by atoms with van der Waals surface area (Å²) in [4.78, 5) is 16.9. The van der Waals surface area contributed by atoms with E-state index in [2.05, 4.69) is 173 Å². The van der Waals surface area contributed by atoms with E-state index < -0.39 is 6.15 Å². The van der Waals surface area contributed by atoms with Crippen LogP contribution in [0.2, 0.25) is 0 Å². The Hall–Kier alpha value is -5.50. The Morgan fingerprint density at radius 2 is 0.643 bits per heavy atom. The summed E-state index contributed by atoms with van der Waals surface area (Å²) in [6.07, 6.45) is 5.80. The van der Waals surface area contributed by atoms with Gasteiger partial charge in [0, 0.05) is 21.3 Å². The molecule has 0 spiro atoms. The molecule has 0 amide bonds. The third-order valence-electron chi connectivity index (χ3n) is 8.92. The SMILES string of the molecule is Brc1ccc(N=Cc2ccccn2)cc1.Brc1ccc(N=Cc2ccccn2)cc1.[Cu+].c1ccc([B-](c2ccccc2)(c2ccccc2)c2ccccc2)cc1. The first kappa shape index (κ1) is 41.7. The maximum atomic E-state index is 4.31. The number of hydrogen-bond acceptors (Lipinski definition) is 4. The van der Waals surface area contributed by atoms with Crippen LogP contribution in [0.25, 0.3) is 0 Å². The molecule has 0 N–H and O–H groups in total. The molecule has 0 unspecified atom stereocenters. The maximum absolute atomic E-state index is 4.31. The van der Waals surface area contributed by atoms with Gasteiger partial charge < -0.3 is 0 Å². The summed E-state index contributed by atoms with van der Waals surface area (Å²) in [5.74, 6) is 0. The fraction of sp³-hybridized carbons (Fsp3) is 0. The molecule has 8 heteroatoms. The predicted molar refractivity (Wildman–Crippen MR) is 241 cm³/mol. The van der Waals surface area contributed by atoms with Gasteiger partial charge in [-0.05, 0) is 72.8 Å². The van der Waals surface area contributed by atoms with E-state index in [1.165, 1.54) is 21.9 Å². The van der Waals surface area contributed by atoms with Crippen molar-refractivity contribution in [1.29, 1.82) is 0 Å². The number of pyridine rings is 2. The van der Waals surface area contributed by atoms with Crippen LogP contribution in [0.1, 0.15) is 11.4 Å². The Bertz CT molecular complexity index is 2100. The molecule has 0 fully saturated rings. The van der Waals surface area contributed by atoms with Gasteiger partial charge in [-0.3, -0.25) is 20.0 Å². The van der Waals surface area contributed by atoms with Gasteiger partial charge >= 0.3 is 17.1 Å². The van der Waals surface area contributed by atoms with Crippen LogP contribution in [0.4, 0.5) is 11.4 Å². The molecule has 0 aliphatic heterocycles. The second-order valence-electron chi connectivity index (χ2n) is 12.5. The summed E-state index contributed by atoms with van der Waals surface area (Å²) >= 11 is 6.75. The molecule has 8 rings (SSSR count). The number of halogens is 2. The minimum Gasteiger partial charge on any atom is -0.255 e. The van der Waals surface area contributed by atoms with Crippen LogP contribution < -0.4 is 21.9 Å². The molecule has 0 bridgehead atoms. The minimum atomic E-state index is -1.22. The Labute approximate surface area is 357 Å². The van der Waals surface area contributed by atoms with Gasteiger partial charge in [0.25, 0.3) is 0 Å². The van der Waals surface area contributed by atoms with Crippen molar-refractivity contribution in [3.8, 4) is 0 Å². The van der Waals surface area contributed by atoms with Crippen LogP contribution in [0.15, 0.2) is 238 Å². The van der Waals surface area contributed by atoms with Gasteiger partial charge in [-0.15, -0.1) is 0 Å². The van der Waals surface area contributed by atoms with Crippen LogP contribution in [0.5, 0.6) is 0 Å². The van der Waals surface area contributed by atoms with E-state index in [4.69, 9.17) is 0 Å². The smallest absolute Gasteiger partial charge is 0.255 e. The predicted octanol–water partition coefficient (Wildman–Crippen LogP) is 10.3. The van der Waals surface area contributed by atoms with E-state index in [9.17, 15) is 0 Å². The average Bonchev–Trinajstić information content (AvgIpc) is 3.26. The molecule has 0 aliphatic rings. The van der Waals surface area contributed by atoms with Crippen molar-refractivity contribution in [3.63, 3.8) is 0 Å². The van der Waals surface area contributed by atoms with Crippen LogP contribution >= 0.6 is 31.9 Å². The zero-order valence-electron chi connectivity index (χ0n) is 30.4. The molecule has 6 aromatic carbocycles. The first-order valence-corrected chi connectivity index (χ1v) is 19.5. The van der Waals surface area contributed by atoms with Crippen molar-refractivity contribution < 1.29 is 17.1 Å². The van der Waals surface area contributed by atoms with Gasteiger partial charge in [-0.1, -0.05) is 165 Å². The van der Waals surface area contributed by atoms with E-state index in [0.717, 1.165) is 31.7 Å². The Balaban J connectivity index is 0.000000168. The molecule has 0 radical (unpaired) electrons. The first-order valence-electron chi connectivity index (χ1n) is 17.9. The van der Waals surface area contributed by atoms with Gasteiger partial charge in [0.15, 0.2) is 0 Å². The maximum Gasteiger partial charge on any atom is 1.00 e. The van der Waals surface area contributed by atoms with Gasteiger partial charge in [-0.25, -0.2) is 0 Å². The van der Waals surface area contributed by atoms with Gasteiger partial charge in [0.2, 0.25) is 0 Å². The van der Waals surface area contributed by atoms with Gasteiger partial charge in [0.1, 0.15) is 6.15 Å². The molecule has 0 saturated heterocycles. The fourth-order valence-corrected chi connectivity index (χ4v) is 6.89. The van der Waals surface area contributed by atoms with Crippen molar-refractivity contribution in [2.45, 2.75) is 0 Å². The summed E-state index contributed by atoms with van der Waals surface area (Å²) in [7, 11) is 0. The number of benzene rings is 6. The summed E-state index contributed by atoms with van der Waals surface area (Å²) in [5, 5.41) is 0. The zero-order chi connectivity index (χ0) is 38.0. The number of hydrogen-bond donors (Lipinski definition) is 0. The van der Waals surface area contributed by atoms with Gasteiger partial charge in [0.05, 0.1) is 35.2 Å². The molecule has 4 nitrogen and oxygen atoms in total. The van der Waals surface area contributed by atoms with E-state index >= 15 is 0 Å². The van der Waals surface area contributed by atoms with E-state index in [1.54, 1.807) is 24.8 Å². The quantitative estimate of drug-likeness (QED) is 0.113. The topological polar surface area (TPSA) is 50.5 Å². The molecular formula is C48H38BBr2CuN4. The fourth-order valence-electron chi connectivity index (χ4n) is 6.36. The average molecular weight is 905 g/mol. The van der Waals surface area contributed by atoms with Crippen molar-refractivity contribution in [2.75, 3.05) is 0 Å². The molecule has 56 heavy (non-hydrogen) atoms. The number of rotatable bonds is 8. The molecule has 0 atom stereocenters. The molecule has 2 aromatic heterocycles. The van der Waals surface area contributed by atoms with Crippen LogP contribution in [0, 0.1) is 0 Å². The van der Waals surface area contributed by atoms with Crippen LogP contribution in [0.3, 0.4) is 0 Å². The third kappa shape index (κ3) is 11.8. The molecule has 8 aromatic rings. The van der Waals surface area contributed by atoms with Crippen LogP contribution in [-0.2, 0) is 17.1 Å². The van der Waals surface area contributed by atoms with Crippen molar-refractivity contribution >= 4 is 83.7 Å². The minimum absolute atomic E-state index is 0. The monoisotopic (exact) mass is 902 g/mol. The number of aliphatic imine (C=N–C) groups is 2. The Kier molecular flexibility index (Phi) is 16.5. The largest absolute Gasteiger partial charge is 1.00 e. The second kappa shape index (κ2) is 22.2. The third-order valence-corrected chi connectivity index (χ3v) is 9.98.